The summed E-state index contributed by atoms with van der Waals surface area (Å²) in [5, 5.41) is 5.55. The molecule has 1 aliphatic heterocycles. The Labute approximate surface area is 164 Å². The zero-order chi connectivity index (χ0) is 19.6. The van der Waals surface area contributed by atoms with Crippen molar-refractivity contribution in [1.29, 1.82) is 0 Å². The maximum atomic E-state index is 12.1. The van der Waals surface area contributed by atoms with E-state index in [1.807, 2.05) is 24.3 Å². The van der Waals surface area contributed by atoms with Gasteiger partial charge in [-0.1, -0.05) is 34.1 Å². The number of methoxy groups -OCH3 is 1. The van der Waals surface area contributed by atoms with Crippen LogP contribution in [-0.2, 0) is 14.3 Å². The number of nitrogens with zero attached hydrogens (tertiary/aromatic N) is 2. The Kier molecular flexibility index (Phi) is 5.46. The fourth-order valence-electron chi connectivity index (χ4n) is 2.61. The third-order valence-corrected chi connectivity index (χ3v) is 4.33. The molecule has 0 unspecified atom stereocenters. The van der Waals surface area contributed by atoms with Gasteiger partial charge in [0, 0.05) is 23.9 Å². The third-order valence-electron chi connectivity index (χ3n) is 3.80. The molecule has 0 N–H and O–H groups in total. The number of para-hydroxylation sites is 1. The van der Waals surface area contributed by atoms with Crippen molar-refractivity contribution in [3.8, 4) is 11.5 Å². The van der Waals surface area contributed by atoms with Crippen LogP contribution in [-0.4, -0.2) is 29.9 Å². The lowest BCUT2D eigenvalue weighted by molar-refractivity contribution is -0.135. The van der Waals surface area contributed by atoms with Gasteiger partial charge in [0.25, 0.3) is 0 Å². The van der Waals surface area contributed by atoms with Crippen molar-refractivity contribution in [3.05, 3.63) is 58.1 Å². The first-order valence-electron chi connectivity index (χ1n) is 8.07. The summed E-state index contributed by atoms with van der Waals surface area (Å²) in [6.07, 6.45) is -0.720. The Hall–Kier alpha value is -2.87. The molecule has 27 heavy (non-hydrogen) atoms. The van der Waals surface area contributed by atoms with Crippen LogP contribution in [0, 0.1) is 0 Å². The fraction of sp³-hybridized carbons (Fsp3) is 0.211. The van der Waals surface area contributed by atoms with Crippen LogP contribution in [0.4, 0.5) is 0 Å². The number of ether oxygens (including phenoxy) is 3. The second kappa shape index (κ2) is 7.79. The third kappa shape index (κ3) is 3.95. The second-order valence-electron chi connectivity index (χ2n) is 5.72. The van der Waals surface area contributed by atoms with E-state index in [0.29, 0.717) is 11.3 Å². The molecule has 0 radical (unpaired) electrons. The number of rotatable bonds is 4. The van der Waals surface area contributed by atoms with E-state index in [-0.39, 0.29) is 17.6 Å². The highest BCUT2D eigenvalue weighted by Crippen LogP contribution is 2.37. The number of halogens is 1. The number of hydrogen-bond acceptors (Lipinski definition) is 6. The van der Waals surface area contributed by atoms with Gasteiger partial charge in [0.05, 0.1) is 12.7 Å². The van der Waals surface area contributed by atoms with Crippen LogP contribution < -0.4 is 9.47 Å². The van der Waals surface area contributed by atoms with Crippen LogP contribution >= 0.6 is 15.9 Å². The summed E-state index contributed by atoms with van der Waals surface area (Å²) >= 11 is 3.38. The maximum absolute atomic E-state index is 12.1. The first-order valence-corrected chi connectivity index (χ1v) is 8.86. The zero-order valence-electron chi connectivity index (χ0n) is 14.9. The molecule has 8 heteroatoms. The topological polar surface area (TPSA) is 77.4 Å². The van der Waals surface area contributed by atoms with Crippen molar-refractivity contribution < 1.29 is 23.8 Å². The van der Waals surface area contributed by atoms with E-state index in [9.17, 15) is 9.59 Å². The summed E-state index contributed by atoms with van der Waals surface area (Å²) in [6, 6.07) is 12.4. The summed E-state index contributed by atoms with van der Waals surface area (Å²) < 4.78 is 17.4. The minimum atomic E-state index is -0.720. The van der Waals surface area contributed by atoms with Crippen molar-refractivity contribution in [3.63, 3.8) is 0 Å². The number of hydrazone groups is 1. The largest absolute Gasteiger partial charge is 0.493 e. The van der Waals surface area contributed by atoms with Gasteiger partial charge in [-0.05, 0) is 24.3 Å². The van der Waals surface area contributed by atoms with Crippen molar-refractivity contribution in [2.24, 2.45) is 5.10 Å². The van der Waals surface area contributed by atoms with Crippen molar-refractivity contribution in [2.45, 2.75) is 20.1 Å². The van der Waals surface area contributed by atoms with E-state index in [1.165, 1.54) is 26.0 Å². The van der Waals surface area contributed by atoms with Crippen molar-refractivity contribution >= 4 is 33.7 Å². The van der Waals surface area contributed by atoms with Gasteiger partial charge in [-0.15, -0.1) is 5.10 Å². The van der Waals surface area contributed by atoms with Gasteiger partial charge in [-0.2, -0.15) is 5.01 Å². The van der Waals surface area contributed by atoms with Gasteiger partial charge in [0.15, 0.2) is 11.5 Å². The minimum Gasteiger partial charge on any atom is -0.493 e. The summed E-state index contributed by atoms with van der Waals surface area (Å²) in [5.74, 6) is -0.0861. The normalized spacial score (nSPS) is 15.8. The number of benzene rings is 2. The first kappa shape index (κ1) is 18.9. The number of hydrogen-bond donors (Lipinski definition) is 0. The van der Waals surface area contributed by atoms with Gasteiger partial charge in [-0.3, -0.25) is 9.59 Å². The van der Waals surface area contributed by atoms with Crippen LogP contribution in [0.15, 0.2) is 52.0 Å². The van der Waals surface area contributed by atoms with E-state index >= 15 is 0 Å². The summed E-state index contributed by atoms with van der Waals surface area (Å²) in [6.45, 7) is 2.69. The molecule has 0 fully saturated rings. The SMILES string of the molecule is COc1cccc(C2=NN(C(C)=O)[C@@H](c3ccc(Br)cc3)O2)c1OC(C)=O. The molecule has 0 aliphatic carbocycles. The molecule has 0 spiro atoms. The maximum Gasteiger partial charge on any atom is 0.308 e. The lowest BCUT2D eigenvalue weighted by Crippen LogP contribution is -2.25. The van der Waals surface area contributed by atoms with Crippen LogP contribution in [0.3, 0.4) is 0 Å². The van der Waals surface area contributed by atoms with Gasteiger partial charge in [0.2, 0.25) is 18.0 Å². The van der Waals surface area contributed by atoms with Gasteiger partial charge >= 0.3 is 5.97 Å². The van der Waals surface area contributed by atoms with E-state index in [0.717, 1.165) is 10.0 Å². The van der Waals surface area contributed by atoms with Crippen LogP contribution in [0.5, 0.6) is 11.5 Å². The Balaban J connectivity index is 2.02. The van der Waals surface area contributed by atoms with Crippen molar-refractivity contribution in [2.75, 3.05) is 7.11 Å². The summed E-state index contributed by atoms with van der Waals surface area (Å²) in [7, 11) is 1.47. The number of esters is 1. The Bertz CT molecular complexity index is 911. The molecule has 7 nitrogen and oxygen atoms in total. The Morgan fingerprint density at radius 1 is 1.15 bits per heavy atom. The van der Waals surface area contributed by atoms with Gasteiger partial charge < -0.3 is 14.2 Å². The number of carbonyl (C=O) groups excluding carboxylic acids is 2. The molecule has 3 rings (SSSR count). The number of amides is 1. The molecule has 0 bridgehead atoms. The van der Waals surface area contributed by atoms with E-state index in [1.54, 1.807) is 18.2 Å². The van der Waals surface area contributed by atoms with Gasteiger partial charge in [0.1, 0.15) is 0 Å². The smallest absolute Gasteiger partial charge is 0.308 e. The molecular formula is C19H17BrN2O5. The molecule has 140 valence electrons. The molecule has 1 heterocycles. The molecule has 0 saturated heterocycles. The second-order valence-corrected chi connectivity index (χ2v) is 6.64. The molecule has 2 aromatic rings. The van der Waals surface area contributed by atoms with E-state index < -0.39 is 12.2 Å². The molecule has 0 aromatic heterocycles. The van der Waals surface area contributed by atoms with Crippen molar-refractivity contribution in [1.82, 2.24) is 5.01 Å². The van der Waals surface area contributed by atoms with Crippen LogP contribution in [0.1, 0.15) is 31.2 Å². The molecule has 0 saturated carbocycles. The Morgan fingerprint density at radius 2 is 1.85 bits per heavy atom. The highest BCUT2D eigenvalue weighted by molar-refractivity contribution is 9.10. The zero-order valence-corrected chi connectivity index (χ0v) is 16.5. The van der Waals surface area contributed by atoms with Crippen LogP contribution in [0.2, 0.25) is 0 Å². The monoisotopic (exact) mass is 432 g/mol. The summed E-state index contributed by atoms with van der Waals surface area (Å²) in [4.78, 5) is 23.6. The summed E-state index contributed by atoms with van der Waals surface area (Å²) in [5.41, 5.74) is 1.17. The molecule has 2 aromatic carbocycles. The molecule has 1 atom stereocenters. The lowest BCUT2D eigenvalue weighted by Gasteiger charge is -2.19. The minimum absolute atomic E-state index is 0.160. The first-order chi connectivity index (χ1) is 12.9. The number of carbonyl (C=O) groups is 2. The van der Waals surface area contributed by atoms with E-state index in [2.05, 4.69) is 21.0 Å². The van der Waals surface area contributed by atoms with Gasteiger partial charge in [-0.25, -0.2) is 0 Å². The standard InChI is InChI=1S/C19H17BrN2O5/c1-11(23)22-19(13-7-9-14(20)10-8-13)27-18(21-22)15-5-4-6-16(25-3)17(15)26-12(2)24/h4-10,19H,1-3H3/t19-/m1/s1. The molecular weight excluding hydrogens is 416 g/mol. The predicted molar refractivity (Wildman–Crippen MR) is 101 cm³/mol. The van der Waals surface area contributed by atoms with E-state index in [4.69, 9.17) is 14.2 Å². The Morgan fingerprint density at radius 3 is 2.44 bits per heavy atom. The fourth-order valence-corrected chi connectivity index (χ4v) is 2.88. The lowest BCUT2D eigenvalue weighted by atomic mass is 10.1. The molecule has 1 aliphatic rings. The predicted octanol–water partition coefficient (Wildman–Crippen LogP) is 3.62. The molecule has 1 amide bonds. The quantitative estimate of drug-likeness (QED) is 0.544. The average molecular weight is 433 g/mol. The highest BCUT2D eigenvalue weighted by Gasteiger charge is 2.34. The highest BCUT2D eigenvalue weighted by atomic mass is 79.9. The van der Waals surface area contributed by atoms with Crippen LogP contribution in [0.25, 0.3) is 0 Å². The average Bonchev–Trinajstić information content (AvgIpc) is 3.07.